The van der Waals surface area contributed by atoms with Gasteiger partial charge in [-0.1, -0.05) is 13.8 Å². The summed E-state index contributed by atoms with van der Waals surface area (Å²) in [5, 5.41) is 8.33. The molecule has 0 aromatic rings. The molecule has 1 heterocycles. The van der Waals surface area contributed by atoms with Crippen LogP contribution in [0.2, 0.25) is 0 Å². The van der Waals surface area contributed by atoms with E-state index in [-0.39, 0.29) is 36.8 Å². The second-order valence-electron chi connectivity index (χ2n) is 5.91. The van der Waals surface area contributed by atoms with Gasteiger partial charge in [-0.2, -0.15) is 0 Å². The van der Waals surface area contributed by atoms with E-state index in [1.807, 2.05) is 13.8 Å². The zero-order valence-corrected chi connectivity index (χ0v) is 13.9. The van der Waals surface area contributed by atoms with Crippen molar-refractivity contribution < 1.29 is 26.7 Å². The largest absolute Gasteiger partial charge is 0.481 e. The molecule has 0 saturated carbocycles. The number of sulfone groups is 1. The highest BCUT2D eigenvalue weighted by atomic mass is 32.2. The van der Waals surface area contributed by atoms with Crippen LogP contribution in [0.5, 0.6) is 0 Å². The van der Waals surface area contributed by atoms with E-state index in [0.717, 1.165) is 0 Å². The van der Waals surface area contributed by atoms with Crippen molar-refractivity contribution in [2.45, 2.75) is 38.4 Å². The first kappa shape index (κ1) is 18.4. The van der Waals surface area contributed by atoms with Gasteiger partial charge in [0.15, 0.2) is 0 Å². The number of hydrogen-bond donors (Lipinski definition) is 2. The maximum atomic E-state index is 12.1. The minimum Gasteiger partial charge on any atom is -0.481 e. The van der Waals surface area contributed by atoms with Crippen LogP contribution in [0.15, 0.2) is 0 Å². The maximum Gasteiger partial charge on any atom is 0.307 e. The van der Waals surface area contributed by atoms with E-state index < -0.39 is 37.0 Å². The van der Waals surface area contributed by atoms with E-state index in [1.165, 1.54) is 0 Å². The van der Waals surface area contributed by atoms with Gasteiger partial charge in [0.05, 0.1) is 22.7 Å². The molecular weight excluding hydrogens is 318 g/mol. The number of hydrogen-bond acceptors (Lipinski definition) is 5. The summed E-state index contributed by atoms with van der Waals surface area (Å²) in [6, 6.07) is 0. The van der Waals surface area contributed by atoms with Gasteiger partial charge >= 0.3 is 5.97 Å². The van der Waals surface area contributed by atoms with Gasteiger partial charge in [0.25, 0.3) is 0 Å². The van der Waals surface area contributed by atoms with Gasteiger partial charge in [-0.3, -0.25) is 4.79 Å². The second kappa shape index (κ2) is 7.06. The lowest BCUT2D eigenvalue weighted by Crippen LogP contribution is -2.42. The van der Waals surface area contributed by atoms with Crippen LogP contribution in [-0.2, 0) is 24.7 Å². The highest BCUT2D eigenvalue weighted by Crippen LogP contribution is 2.19. The molecule has 1 rings (SSSR count). The molecule has 7 nitrogen and oxygen atoms in total. The Morgan fingerprint density at radius 1 is 1.29 bits per heavy atom. The summed E-state index contributed by atoms with van der Waals surface area (Å²) in [5.41, 5.74) is 0. The predicted molar refractivity (Wildman–Crippen MR) is 79.2 cm³/mol. The Morgan fingerprint density at radius 2 is 1.81 bits per heavy atom. The van der Waals surface area contributed by atoms with E-state index in [9.17, 15) is 21.6 Å². The Hall–Kier alpha value is -0.670. The standard InChI is InChI=1S/C12H23NO6S2/c1-9(2)7-10(12(14)15)8-13-21(18,19)11-3-5-20(16,17)6-4-11/h9-11,13H,3-8H2,1-2H3,(H,14,15). The molecule has 0 aromatic carbocycles. The third-order valence-electron chi connectivity index (χ3n) is 3.58. The summed E-state index contributed by atoms with van der Waals surface area (Å²) >= 11 is 0. The second-order valence-corrected chi connectivity index (χ2v) is 10.3. The topological polar surface area (TPSA) is 118 Å². The number of carboxylic acid groups (broad SMARTS) is 1. The Balaban J connectivity index is 2.62. The third kappa shape index (κ3) is 5.91. The molecule has 1 saturated heterocycles. The summed E-state index contributed by atoms with van der Waals surface area (Å²) < 4.78 is 49.2. The minimum absolute atomic E-state index is 0.0690. The smallest absolute Gasteiger partial charge is 0.307 e. The van der Waals surface area contributed by atoms with Crippen LogP contribution in [-0.4, -0.2) is 51.2 Å². The molecule has 124 valence electrons. The number of carboxylic acids is 1. The quantitative estimate of drug-likeness (QED) is 0.684. The molecule has 1 aliphatic heterocycles. The normalized spacial score (nSPS) is 21.3. The average molecular weight is 341 g/mol. The van der Waals surface area contributed by atoms with Crippen LogP contribution in [0.25, 0.3) is 0 Å². The molecule has 0 spiro atoms. The first-order valence-electron chi connectivity index (χ1n) is 6.95. The summed E-state index contributed by atoms with van der Waals surface area (Å²) in [6.45, 7) is 3.59. The molecule has 9 heteroatoms. The molecule has 0 aliphatic carbocycles. The van der Waals surface area contributed by atoms with Crippen molar-refractivity contribution in [1.29, 1.82) is 0 Å². The Morgan fingerprint density at radius 3 is 2.24 bits per heavy atom. The zero-order valence-electron chi connectivity index (χ0n) is 12.3. The van der Waals surface area contributed by atoms with Crippen LogP contribution < -0.4 is 4.72 Å². The minimum atomic E-state index is -3.68. The molecule has 21 heavy (non-hydrogen) atoms. The van der Waals surface area contributed by atoms with Crippen molar-refractivity contribution in [1.82, 2.24) is 4.72 Å². The van der Waals surface area contributed by atoms with E-state index in [4.69, 9.17) is 5.11 Å². The Kier molecular flexibility index (Phi) is 6.18. The SMILES string of the molecule is CC(C)CC(CNS(=O)(=O)C1CCS(=O)(=O)CC1)C(=O)O. The van der Waals surface area contributed by atoms with Gasteiger partial charge in [-0.05, 0) is 25.2 Å². The number of aliphatic carboxylic acids is 1. The van der Waals surface area contributed by atoms with E-state index in [1.54, 1.807) is 0 Å². The summed E-state index contributed by atoms with van der Waals surface area (Å²) in [5.74, 6) is -1.92. The van der Waals surface area contributed by atoms with Crippen molar-refractivity contribution in [3.63, 3.8) is 0 Å². The van der Waals surface area contributed by atoms with E-state index in [2.05, 4.69) is 4.72 Å². The van der Waals surface area contributed by atoms with Gasteiger partial charge < -0.3 is 5.11 Å². The molecule has 2 N–H and O–H groups in total. The molecule has 1 aliphatic rings. The van der Waals surface area contributed by atoms with Crippen molar-refractivity contribution in [3.05, 3.63) is 0 Å². The van der Waals surface area contributed by atoms with Crippen LogP contribution in [0.4, 0.5) is 0 Å². The van der Waals surface area contributed by atoms with Gasteiger partial charge in [0.2, 0.25) is 10.0 Å². The van der Waals surface area contributed by atoms with Gasteiger partial charge in [0.1, 0.15) is 9.84 Å². The van der Waals surface area contributed by atoms with E-state index in [0.29, 0.717) is 6.42 Å². The number of rotatable bonds is 7. The first-order valence-corrected chi connectivity index (χ1v) is 10.3. The van der Waals surface area contributed by atoms with Gasteiger partial charge in [-0.15, -0.1) is 0 Å². The van der Waals surface area contributed by atoms with Gasteiger partial charge in [-0.25, -0.2) is 21.6 Å². The van der Waals surface area contributed by atoms with Gasteiger partial charge in [0, 0.05) is 6.54 Å². The highest BCUT2D eigenvalue weighted by molar-refractivity contribution is 7.92. The van der Waals surface area contributed by atoms with Crippen molar-refractivity contribution >= 4 is 25.8 Å². The fourth-order valence-electron chi connectivity index (χ4n) is 2.35. The fourth-order valence-corrected chi connectivity index (χ4v) is 5.67. The number of nitrogens with one attached hydrogen (secondary N) is 1. The highest BCUT2D eigenvalue weighted by Gasteiger charge is 2.33. The molecule has 1 fully saturated rings. The maximum absolute atomic E-state index is 12.1. The number of carbonyl (C=O) groups is 1. The molecular formula is C12H23NO6S2. The zero-order chi connectivity index (χ0) is 16.3. The Bertz CT molecular complexity index is 553. The van der Waals surface area contributed by atoms with Crippen molar-refractivity contribution in [2.24, 2.45) is 11.8 Å². The first-order chi connectivity index (χ1) is 9.53. The molecule has 0 radical (unpaired) electrons. The van der Waals surface area contributed by atoms with Crippen LogP contribution >= 0.6 is 0 Å². The van der Waals surface area contributed by atoms with Crippen molar-refractivity contribution in [2.75, 3.05) is 18.1 Å². The molecule has 0 amide bonds. The third-order valence-corrected chi connectivity index (χ3v) is 7.21. The predicted octanol–water partition coefficient (Wildman–Crippen LogP) is 0.230. The van der Waals surface area contributed by atoms with Crippen LogP contribution in [0, 0.1) is 11.8 Å². The average Bonchev–Trinajstić information content (AvgIpc) is 2.33. The Labute approximate surface area is 126 Å². The summed E-state index contributed by atoms with van der Waals surface area (Å²) in [4.78, 5) is 11.1. The monoisotopic (exact) mass is 341 g/mol. The lowest BCUT2D eigenvalue weighted by Gasteiger charge is -2.23. The molecule has 1 unspecified atom stereocenters. The van der Waals surface area contributed by atoms with Crippen LogP contribution in [0.1, 0.15) is 33.1 Å². The van der Waals surface area contributed by atoms with Crippen molar-refractivity contribution in [3.8, 4) is 0 Å². The summed E-state index contributed by atoms with van der Waals surface area (Å²) in [6.07, 6.45) is 0.524. The van der Waals surface area contributed by atoms with E-state index >= 15 is 0 Å². The molecule has 0 aromatic heterocycles. The lowest BCUT2D eigenvalue weighted by molar-refractivity contribution is -0.142. The van der Waals surface area contributed by atoms with Crippen LogP contribution in [0.3, 0.4) is 0 Å². The molecule has 0 bridgehead atoms. The summed E-state index contributed by atoms with van der Waals surface area (Å²) in [7, 11) is -6.80. The lowest BCUT2D eigenvalue weighted by atomic mass is 9.98. The number of sulfonamides is 1. The fraction of sp³-hybridized carbons (Fsp3) is 0.917. The molecule has 1 atom stereocenters.